The first-order chi connectivity index (χ1) is 19.8. The summed E-state index contributed by atoms with van der Waals surface area (Å²) in [5, 5.41) is 15.3. The SMILES string of the molecule is N#Cc1c(N2CCCCC2)cc(-c2ccc3ccccc3c2)c2c1-c1cc3ccc4cccnc4c3nc1CC2. The molecule has 1 aliphatic carbocycles. The van der Waals surface area contributed by atoms with Crippen molar-refractivity contribution in [3.05, 3.63) is 102 Å². The topological polar surface area (TPSA) is 52.8 Å². The predicted molar refractivity (Wildman–Crippen MR) is 164 cm³/mol. The molecule has 0 N–H and O–H groups in total. The molecule has 192 valence electrons. The van der Waals surface area contributed by atoms with Gasteiger partial charge < -0.3 is 4.90 Å². The number of fused-ring (bicyclic) bond motifs is 7. The largest absolute Gasteiger partial charge is 0.370 e. The fourth-order valence-electron chi connectivity index (χ4n) is 6.84. The first kappa shape index (κ1) is 23.2. The standard InChI is InChI=1S/C36H28N4/c37-22-31-33(40-17-4-1-5-18-40)21-29(26-12-10-23-7-2-3-8-25(23)19-26)28-14-15-32-30(34(28)31)20-27-13-11-24-9-6-16-38-35(24)36(27)39-32/h2-3,6-13,16,19-21H,1,4-5,14-15,17-18H2. The molecule has 4 aromatic carbocycles. The number of piperidine rings is 1. The van der Waals surface area contributed by atoms with Gasteiger partial charge in [-0.15, -0.1) is 0 Å². The zero-order valence-electron chi connectivity index (χ0n) is 22.3. The molecule has 0 atom stereocenters. The highest BCUT2D eigenvalue weighted by Gasteiger charge is 2.29. The molecule has 1 fully saturated rings. The molecule has 2 aromatic heterocycles. The van der Waals surface area contributed by atoms with E-state index in [0.717, 1.165) is 88.7 Å². The summed E-state index contributed by atoms with van der Waals surface area (Å²) in [7, 11) is 0. The van der Waals surface area contributed by atoms with Crippen molar-refractivity contribution in [2.75, 3.05) is 18.0 Å². The van der Waals surface area contributed by atoms with Crippen molar-refractivity contribution in [1.82, 2.24) is 9.97 Å². The molecule has 0 radical (unpaired) electrons. The molecule has 1 aliphatic heterocycles. The van der Waals surface area contributed by atoms with Crippen LogP contribution in [0.4, 0.5) is 5.69 Å². The van der Waals surface area contributed by atoms with Crippen molar-refractivity contribution in [2.24, 2.45) is 0 Å². The average Bonchev–Trinajstić information content (AvgIpc) is 3.03. The van der Waals surface area contributed by atoms with Crippen LogP contribution in [0, 0.1) is 11.3 Å². The highest BCUT2D eigenvalue weighted by molar-refractivity contribution is 6.05. The fourth-order valence-corrected chi connectivity index (χ4v) is 6.84. The van der Waals surface area contributed by atoms with Gasteiger partial charge in [0.2, 0.25) is 0 Å². The second kappa shape index (κ2) is 9.17. The smallest absolute Gasteiger partial charge is 0.102 e. The third-order valence-corrected chi connectivity index (χ3v) is 8.80. The van der Waals surface area contributed by atoms with E-state index in [-0.39, 0.29) is 0 Å². The van der Waals surface area contributed by atoms with E-state index in [1.807, 2.05) is 12.3 Å². The van der Waals surface area contributed by atoms with Crippen molar-refractivity contribution in [1.29, 1.82) is 5.26 Å². The maximum atomic E-state index is 10.7. The zero-order chi connectivity index (χ0) is 26.6. The summed E-state index contributed by atoms with van der Waals surface area (Å²) in [6.07, 6.45) is 7.12. The lowest BCUT2D eigenvalue weighted by Gasteiger charge is -2.33. The van der Waals surface area contributed by atoms with Crippen molar-refractivity contribution in [3.8, 4) is 28.3 Å². The quantitative estimate of drug-likeness (QED) is 0.218. The van der Waals surface area contributed by atoms with E-state index < -0.39 is 0 Å². The molecule has 40 heavy (non-hydrogen) atoms. The summed E-state index contributed by atoms with van der Waals surface area (Å²) in [5.41, 5.74) is 10.7. The molecule has 4 nitrogen and oxygen atoms in total. The van der Waals surface area contributed by atoms with Crippen LogP contribution >= 0.6 is 0 Å². The van der Waals surface area contributed by atoms with Gasteiger partial charge in [-0.05, 0) is 83.8 Å². The molecule has 3 heterocycles. The molecule has 0 unspecified atom stereocenters. The monoisotopic (exact) mass is 516 g/mol. The highest BCUT2D eigenvalue weighted by atomic mass is 15.1. The third-order valence-electron chi connectivity index (χ3n) is 8.80. The van der Waals surface area contributed by atoms with Crippen LogP contribution in [-0.2, 0) is 12.8 Å². The van der Waals surface area contributed by atoms with Crippen LogP contribution in [0.3, 0.4) is 0 Å². The Morgan fingerprint density at radius 3 is 2.38 bits per heavy atom. The highest BCUT2D eigenvalue weighted by Crippen LogP contribution is 2.46. The number of rotatable bonds is 2. The summed E-state index contributed by atoms with van der Waals surface area (Å²) < 4.78 is 0. The molecule has 0 bridgehead atoms. The van der Waals surface area contributed by atoms with Gasteiger partial charge in [0.05, 0.1) is 22.3 Å². The molecule has 4 heteroatoms. The van der Waals surface area contributed by atoms with Gasteiger partial charge in [-0.25, -0.2) is 4.98 Å². The number of anilines is 1. The van der Waals surface area contributed by atoms with Gasteiger partial charge in [-0.2, -0.15) is 5.26 Å². The number of aromatic nitrogens is 2. The Bertz CT molecular complexity index is 2010. The summed E-state index contributed by atoms with van der Waals surface area (Å²) >= 11 is 0. The first-order valence-electron chi connectivity index (χ1n) is 14.3. The molecule has 0 saturated carbocycles. The normalized spacial score (nSPS) is 14.7. The van der Waals surface area contributed by atoms with E-state index in [0.29, 0.717) is 0 Å². The Morgan fingerprint density at radius 2 is 1.50 bits per heavy atom. The van der Waals surface area contributed by atoms with Gasteiger partial charge in [-0.3, -0.25) is 4.98 Å². The summed E-state index contributed by atoms with van der Waals surface area (Å²) in [5.74, 6) is 0. The van der Waals surface area contributed by atoms with E-state index in [9.17, 15) is 5.26 Å². The van der Waals surface area contributed by atoms with Gasteiger partial charge in [0.1, 0.15) is 6.07 Å². The third kappa shape index (κ3) is 3.58. The molecule has 0 amide bonds. The molecule has 8 rings (SSSR count). The first-order valence-corrected chi connectivity index (χ1v) is 14.3. The molecular weight excluding hydrogens is 488 g/mol. The van der Waals surface area contributed by atoms with Gasteiger partial charge in [0.25, 0.3) is 0 Å². The van der Waals surface area contributed by atoms with Crippen LogP contribution in [0.25, 0.3) is 54.8 Å². The van der Waals surface area contributed by atoms with Crippen molar-refractivity contribution in [3.63, 3.8) is 0 Å². The van der Waals surface area contributed by atoms with Gasteiger partial charge in [0, 0.05) is 46.9 Å². The average molecular weight is 517 g/mol. The maximum absolute atomic E-state index is 10.7. The van der Waals surface area contributed by atoms with Crippen LogP contribution < -0.4 is 4.90 Å². The number of pyridine rings is 2. The van der Waals surface area contributed by atoms with E-state index in [1.54, 1.807) is 0 Å². The summed E-state index contributed by atoms with van der Waals surface area (Å²) in [6, 6.07) is 30.9. The molecule has 0 spiro atoms. The lowest BCUT2D eigenvalue weighted by Crippen LogP contribution is -2.30. The number of aryl methyl sites for hydroxylation is 1. The van der Waals surface area contributed by atoms with Crippen molar-refractivity contribution < 1.29 is 0 Å². The van der Waals surface area contributed by atoms with Crippen LogP contribution in [-0.4, -0.2) is 23.1 Å². The van der Waals surface area contributed by atoms with Gasteiger partial charge in [-0.1, -0.05) is 54.6 Å². The fraction of sp³-hybridized carbons (Fsp3) is 0.194. The van der Waals surface area contributed by atoms with E-state index in [4.69, 9.17) is 4.98 Å². The van der Waals surface area contributed by atoms with Crippen LogP contribution in [0.5, 0.6) is 0 Å². The number of hydrogen-bond donors (Lipinski definition) is 0. The Hall–Kier alpha value is -4.75. The Kier molecular flexibility index (Phi) is 5.31. The second-order valence-corrected chi connectivity index (χ2v) is 11.1. The number of nitriles is 1. The second-order valence-electron chi connectivity index (χ2n) is 11.1. The van der Waals surface area contributed by atoms with Crippen LogP contribution in [0.1, 0.15) is 36.1 Å². The van der Waals surface area contributed by atoms with Crippen LogP contribution in [0.15, 0.2) is 85.1 Å². The number of nitrogens with zero attached hydrogens (tertiary/aromatic N) is 4. The molecule has 6 aromatic rings. The minimum atomic E-state index is 0.794. The summed E-state index contributed by atoms with van der Waals surface area (Å²) in [4.78, 5) is 12.3. The van der Waals surface area contributed by atoms with Gasteiger partial charge in [0.15, 0.2) is 0 Å². The Labute approximate surface area is 233 Å². The molecular formula is C36H28N4. The Morgan fingerprint density at radius 1 is 0.700 bits per heavy atom. The minimum Gasteiger partial charge on any atom is -0.370 e. The molecule has 2 aliphatic rings. The van der Waals surface area contributed by atoms with Gasteiger partial charge >= 0.3 is 0 Å². The maximum Gasteiger partial charge on any atom is 0.102 e. The van der Waals surface area contributed by atoms with Crippen molar-refractivity contribution in [2.45, 2.75) is 32.1 Å². The summed E-state index contributed by atoms with van der Waals surface area (Å²) in [6.45, 7) is 1.98. The van der Waals surface area contributed by atoms with E-state index in [2.05, 4.69) is 88.7 Å². The Balaban J connectivity index is 1.42. The number of benzene rings is 4. The lowest BCUT2D eigenvalue weighted by molar-refractivity contribution is 0.577. The van der Waals surface area contributed by atoms with E-state index in [1.165, 1.54) is 33.9 Å². The zero-order valence-corrected chi connectivity index (χ0v) is 22.3. The van der Waals surface area contributed by atoms with E-state index >= 15 is 0 Å². The molecule has 1 saturated heterocycles. The lowest BCUT2D eigenvalue weighted by atomic mass is 9.79. The number of hydrogen-bond acceptors (Lipinski definition) is 4. The minimum absolute atomic E-state index is 0.794. The van der Waals surface area contributed by atoms with Crippen molar-refractivity contribution >= 4 is 38.3 Å². The predicted octanol–water partition coefficient (Wildman–Crippen LogP) is 8.23. The van der Waals surface area contributed by atoms with Crippen LogP contribution in [0.2, 0.25) is 0 Å².